The van der Waals surface area contributed by atoms with E-state index in [0.29, 0.717) is 13.0 Å². The molecule has 0 aliphatic rings. The standard InChI is InChI=1S/C3H13N5/c4-2-1-3(5)8(6)7/h3H,1-2,4-7H2. The van der Waals surface area contributed by atoms with Crippen molar-refractivity contribution >= 4 is 0 Å². The van der Waals surface area contributed by atoms with E-state index in [1.165, 1.54) is 0 Å². The predicted octanol–water partition coefficient (Wildman–Crippen LogP) is -2.33. The highest BCUT2D eigenvalue weighted by Crippen LogP contribution is 1.81. The van der Waals surface area contributed by atoms with Crippen LogP contribution in [0, 0.1) is 0 Å². The van der Waals surface area contributed by atoms with Gasteiger partial charge in [0.05, 0.1) is 6.17 Å². The summed E-state index contributed by atoms with van der Waals surface area (Å²) in [5.41, 5.74) is 10.5. The number of hydrazine groups is 2. The van der Waals surface area contributed by atoms with Crippen LogP contribution in [0.3, 0.4) is 0 Å². The molecule has 0 aliphatic heterocycles. The third-order valence-corrected chi connectivity index (χ3v) is 0.845. The Bertz CT molecular complexity index is 53.6. The Morgan fingerprint density at radius 3 is 2.00 bits per heavy atom. The monoisotopic (exact) mass is 119 g/mol. The lowest BCUT2D eigenvalue weighted by Gasteiger charge is -2.16. The molecule has 0 bridgehead atoms. The maximum atomic E-state index is 5.32. The molecule has 0 aliphatic carbocycles. The van der Waals surface area contributed by atoms with Crippen molar-refractivity contribution < 1.29 is 0 Å². The lowest BCUT2D eigenvalue weighted by Crippen LogP contribution is -2.52. The Hall–Kier alpha value is -0.200. The molecule has 5 heteroatoms. The first-order valence-electron chi connectivity index (χ1n) is 2.42. The molecule has 0 aromatic rings. The SMILES string of the molecule is NCCC(N)N(N)N. The quantitative estimate of drug-likeness (QED) is 0.189. The second-order valence-corrected chi connectivity index (χ2v) is 1.59. The summed E-state index contributed by atoms with van der Waals surface area (Å²) < 4.78 is 0. The van der Waals surface area contributed by atoms with E-state index in [1.807, 2.05) is 0 Å². The van der Waals surface area contributed by atoms with Gasteiger partial charge in [-0.1, -0.05) is 0 Å². The van der Waals surface area contributed by atoms with Crippen molar-refractivity contribution in [3.05, 3.63) is 0 Å². The number of rotatable bonds is 3. The Morgan fingerprint density at radius 2 is 1.88 bits per heavy atom. The number of hydrogen-bond donors (Lipinski definition) is 4. The van der Waals surface area contributed by atoms with E-state index in [0.717, 1.165) is 5.12 Å². The zero-order valence-corrected chi connectivity index (χ0v) is 4.75. The summed E-state index contributed by atoms with van der Waals surface area (Å²) in [4.78, 5) is 0. The summed E-state index contributed by atoms with van der Waals surface area (Å²) in [6, 6.07) is 0. The molecular formula is C3H13N5. The minimum atomic E-state index is -0.319. The van der Waals surface area contributed by atoms with Crippen LogP contribution >= 0.6 is 0 Å². The first-order chi connectivity index (χ1) is 3.68. The van der Waals surface area contributed by atoms with Crippen LogP contribution in [0.5, 0.6) is 0 Å². The topological polar surface area (TPSA) is 107 Å². The Morgan fingerprint density at radius 1 is 1.38 bits per heavy atom. The summed E-state index contributed by atoms with van der Waals surface area (Å²) in [7, 11) is 0. The molecular weight excluding hydrogens is 106 g/mol. The molecule has 0 fully saturated rings. The Labute approximate surface area is 48.5 Å². The molecule has 1 unspecified atom stereocenters. The zero-order chi connectivity index (χ0) is 6.57. The maximum absolute atomic E-state index is 5.32. The summed E-state index contributed by atoms with van der Waals surface area (Å²) in [6.07, 6.45) is 0.299. The molecule has 0 rings (SSSR count). The molecule has 50 valence electrons. The average molecular weight is 119 g/mol. The maximum Gasteiger partial charge on any atom is 0.0873 e. The molecule has 0 radical (unpaired) electrons. The van der Waals surface area contributed by atoms with E-state index in [2.05, 4.69) is 0 Å². The van der Waals surface area contributed by atoms with Gasteiger partial charge in [0.2, 0.25) is 0 Å². The van der Waals surface area contributed by atoms with Gasteiger partial charge >= 0.3 is 0 Å². The highest BCUT2D eigenvalue weighted by atomic mass is 15.6. The van der Waals surface area contributed by atoms with Crippen molar-refractivity contribution in [3.63, 3.8) is 0 Å². The van der Waals surface area contributed by atoms with Crippen LogP contribution in [0.15, 0.2) is 0 Å². The third-order valence-electron chi connectivity index (χ3n) is 0.845. The lowest BCUT2D eigenvalue weighted by molar-refractivity contribution is 0.201. The molecule has 0 saturated carbocycles. The van der Waals surface area contributed by atoms with E-state index >= 15 is 0 Å². The molecule has 0 spiro atoms. The molecule has 0 aromatic carbocycles. The van der Waals surface area contributed by atoms with E-state index in [1.54, 1.807) is 0 Å². The number of nitrogens with zero attached hydrogens (tertiary/aromatic N) is 1. The molecule has 0 heterocycles. The fourth-order valence-electron chi connectivity index (χ4n) is 0.320. The van der Waals surface area contributed by atoms with Gasteiger partial charge < -0.3 is 11.5 Å². The highest BCUT2D eigenvalue weighted by molar-refractivity contribution is 4.52. The molecule has 8 N–H and O–H groups in total. The summed E-state index contributed by atoms with van der Waals surface area (Å²) in [6.45, 7) is 0.506. The van der Waals surface area contributed by atoms with Crippen molar-refractivity contribution in [2.75, 3.05) is 6.54 Å². The van der Waals surface area contributed by atoms with Crippen molar-refractivity contribution in [2.24, 2.45) is 23.2 Å². The van der Waals surface area contributed by atoms with Gasteiger partial charge in [-0.15, -0.1) is 0 Å². The molecule has 1 atom stereocenters. The molecule has 0 saturated heterocycles. The van der Waals surface area contributed by atoms with Gasteiger partial charge in [-0.3, -0.25) is 11.7 Å². The first kappa shape index (κ1) is 7.80. The molecule has 5 nitrogen and oxygen atoms in total. The number of nitrogens with two attached hydrogens (primary N) is 4. The second kappa shape index (κ2) is 3.76. The van der Waals surface area contributed by atoms with Crippen molar-refractivity contribution in [3.8, 4) is 0 Å². The van der Waals surface area contributed by atoms with Crippen molar-refractivity contribution in [2.45, 2.75) is 12.6 Å². The van der Waals surface area contributed by atoms with Crippen LogP contribution in [0.25, 0.3) is 0 Å². The van der Waals surface area contributed by atoms with Crippen LogP contribution in [0.1, 0.15) is 6.42 Å². The normalized spacial score (nSPS) is 14.6. The minimum absolute atomic E-state index is 0.319. The lowest BCUT2D eigenvalue weighted by atomic mass is 10.4. The minimum Gasteiger partial charge on any atom is -0.330 e. The fraction of sp³-hybridized carbons (Fsp3) is 1.00. The van der Waals surface area contributed by atoms with Gasteiger partial charge in [0.25, 0.3) is 0 Å². The fourth-order valence-corrected chi connectivity index (χ4v) is 0.320. The van der Waals surface area contributed by atoms with Crippen LogP contribution in [0.2, 0.25) is 0 Å². The highest BCUT2D eigenvalue weighted by Gasteiger charge is 2.01. The van der Waals surface area contributed by atoms with Crippen LogP contribution < -0.4 is 23.2 Å². The predicted molar refractivity (Wildman–Crippen MR) is 31.9 cm³/mol. The first-order valence-corrected chi connectivity index (χ1v) is 2.42. The zero-order valence-electron chi connectivity index (χ0n) is 4.75. The van der Waals surface area contributed by atoms with Crippen LogP contribution in [-0.4, -0.2) is 17.8 Å². The smallest absolute Gasteiger partial charge is 0.0873 e. The van der Waals surface area contributed by atoms with Gasteiger partial charge in [0.1, 0.15) is 0 Å². The van der Waals surface area contributed by atoms with Crippen LogP contribution in [0.4, 0.5) is 0 Å². The second-order valence-electron chi connectivity index (χ2n) is 1.59. The van der Waals surface area contributed by atoms with Crippen molar-refractivity contribution in [1.29, 1.82) is 0 Å². The molecule has 0 amide bonds. The summed E-state index contributed by atoms with van der Waals surface area (Å²) in [5, 5.41) is 0.951. The van der Waals surface area contributed by atoms with Crippen molar-refractivity contribution in [1.82, 2.24) is 5.12 Å². The van der Waals surface area contributed by atoms with E-state index in [9.17, 15) is 0 Å². The average Bonchev–Trinajstić information content (AvgIpc) is 1.67. The largest absolute Gasteiger partial charge is 0.330 e. The van der Waals surface area contributed by atoms with E-state index < -0.39 is 0 Å². The van der Waals surface area contributed by atoms with E-state index in [-0.39, 0.29) is 6.17 Å². The Kier molecular flexibility index (Phi) is 3.67. The Balaban J connectivity index is 3.17. The van der Waals surface area contributed by atoms with Gasteiger partial charge in [0, 0.05) is 0 Å². The number of hydrogen-bond acceptors (Lipinski definition) is 5. The third kappa shape index (κ3) is 2.89. The van der Waals surface area contributed by atoms with E-state index in [4.69, 9.17) is 23.2 Å². The van der Waals surface area contributed by atoms with Gasteiger partial charge in [-0.05, 0) is 13.0 Å². The van der Waals surface area contributed by atoms with Crippen LogP contribution in [-0.2, 0) is 0 Å². The molecule has 8 heavy (non-hydrogen) atoms. The van der Waals surface area contributed by atoms with Gasteiger partial charge in [-0.25, -0.2) is 0 Å². The van der Waals surface area contributed by atoms with Gasteiger partial charge in [-0.2, -0.15) is 5.12 Å². The summed E-state index contributed by atoms with van der Waals surface area (Å²) >= 11 is 0. The molecule has 0 aromatic heterocycles. The summed E-state index contributed by atoms with van der Waals surface area (Å²) in [5.74, 6) is 10.1. The van der Waals surface area contributed by atoms with Gasteiger partial charge in [0.15, 0.2) is 0 Å².